The van der Waals surface area contributed by atoms with Crippen molar-refractivity contribution in [2.75, 3.05) is 5.33 Å². The molecule has 0 aromatic heterocycles. The van der Waals surface area contributed by atoms with Crippen molar-refractivity contribution >= 4 is 21.8 Å². The Labute approximate surface area is 114 Å². The Balaban J connectivity index is 2.78. The van der Waals surface area contributed by atoms with Gasteiger partial charge >= 0.3 is 0 Å². The summed E-state index contributed by atoms with van der Waals surface area (Å²) in [4.78, 5) is 11.8. The summed E-state index contributed by atoms with van der Waals surface area (Å²) in [6, 6.07) is 3.48. The first kappa shape index (κ1) is 15.1. The number of halogens is 3. The quantitative estimate of drug-likeness (QED) is 0.827. The van der Waals surface area contributed by atoms with Gasteiger partial charge in [-0.15, -0.1) is 0 Å². The highest BCUT2D eigenvalue weighted by Gasteiger charge is 2.18. The Bertz CT molecular complexity index is 423. The highest BCUT2D eigenvalue weighted by atomic mass is 79.9. The van der Waals surface area contributed by atoms with E-state index < -0.39 is 17.5 Å². The first-order valence-corrected chi connectivity index (χ1v) is 6.88. The van der Waals surface area contributed by atoms with E-state index in [-0.39, 0.29) is 11.6 Å². The highest BCUT2D eigenvalue weighted by molar-refractivity contribution is 9.09. The van der Waals surface area contributed by atoms with Crippen LogP contribution < -0.4 is 5.32 Å². The molecule has 1 N–H and O–H groups in total. The van der Waals surface area contributed by atoms with E-state index in [0.29, 0.717) is 11.2 Å². The summed E-state index contributed by atoms with van der Waals surface area (Å²) in [5.41, 5.74) is -0.260. The summed E-state index contributed by atoms with van der Waals surface area (Å²) in [7, 11) is 0. The van der Waals surface area contributed by atoms with Crippen LogP contribution in [0.5, 0.6) is 0 Å². The largest absolute Gasteiger partial charge is 0.348 e. The predicted molar refractivity (Wildman–Crippen MR) is 70.9 cm³/mol. The lowest BCUT2D eigenvalue weighted by atomic mass is 10.0. The molecule has 1 aromatic carbocycles. The molecule has 1 amide bonds. The summed E-state index contributed by atoms with van der Waals surface area (Å²) >= 11 is 3.30. The Morgan fingerprint density at radius 3 is 2.61 bits per heavy atom. The lowest BCUT2D eigenvalue weighted by molar-refractivity contribution is 0.0932. The Kier molecular flexibility index (Phi) is 5.72. The topological polar surface area (TPSA) is 29.1 Å². The first-order chi connectivity index (χ1) is 8.45. The number of carbonyl (C=O) groups excluding carboxylic acids is 1. The molecule has 2 nitrogen and oxygen atoms in total. The molecular weight excluding hydrogens is 304 g/mol. The van der Waals surface area contributed by atoms with Crippen molar-refractivity contribution < 1.29 is 13.6 Å². The van der Waals surface area contributed by atoms with Gasteiger partial charge in [-0.2, -0.15) is 0 Å². The minimum atomic E-state index is -1.10. The number of benzene rings is 1. The van der Waals surface area contributed by atoms with Crippen molar-refractivity contribution in [3.05, 3.63) is 35.4 Å². The van der Waals surface area contributed by atoms with Gasteiger partial charge in [0.2, 0.25) is 0 Å². The molecular formula is C13H16BrF2NO. The molecule has 0 saturated carbocycles. The van der Waals surface area contributed by atoms with Crippen LogP contribution in [-0.4, -0.2) is 17.3 Å². The van der Waals surface area contributed by atoms with Gasteiger partial charge < -0.3 is 5.32 Å². The number of hydrogen-bond donors (Lipinski definition) is 1. The number of carbonyl (C=O) groups is 1. The van der Waals surface area contributed by atoms with Crippen molar-refractivity contribution in [1.29, 1.82) is 0 Å². The normalized spacial score (nSPS) is 12.6. The van der Waals surface area contributed by atoms with Crippen molar-refractivity contribution in [3.8, 4) is 0 Å². The molecule has 0 spiro atoms. The van der Waals surface area contributed by atoms with E-state index in [9.17, 15) is 13.6 Å². The van der Waals surface area contributed by atoms with Crippen LogP contribution in [0.15, 0.2) is 18.2 Å². The van der Waals surface area contributed by atoms with E-state index in [0.717, 1.165) is 12.5 Å². The summed E-state index contributed by atoms with van der Waals surface area (Å²) in [6.45, 7) is 4.06. The molecule has 0 aliphatic carbocycles. The summed E-state index contributed by atoms with van der Waals surface area (Å²) in [5, 5.41) is 3.27. The molecule has 1 unspecified atom stereocenters. The summed E-state index contributed by atoms with van der Waals surface area (Å²) in [5.74, 6) is -2.29. The molecule has 18 heavy (non-hydrogen) atoms. The van der Waals surface area contributed by atoms with Gasteiger partial charge in [0, 0.05) is 11.4 Å². The number of hydrogen-bond acceptors (Lipinski definition) is 1. The molecule has 0 aliphatic heterocycles. The maximum Gasteiger partial charge on any atom is 0.254 e. The fourth-order valence-electron chi connectivity index (χ4n) is 1.67. The molecule has 0 saturated heterocycles. The van der Waals surface area contributed by atoms with E-state index in [1.165, 1.54) is 12.1 Å². The lowest BCUT2D eigenvalue weighted by Gasteiger charge is -2.18. The summed E-state index contributed by atoms with van der Waals surface area (Å²) < 4.78 is 26.4. The average molecular weight is 320 g/mol. The number of alkyl halides is 1. The molecule has 100 valence electrons. The average Bonchev–Trinajstić information content (AvgIpc) is 2.31. The van der Waals surface area contributed by atoms with E-state index in [2.05, 4.69) is 21.2 Å². The number of nitrogens with one attached hydrogen (secondary N) is 1. The zero-order chi connectivity index (χ0) is 13.7. The minimum absolute atomic E-state index is 0.0971. The third-order valence-corrected chi connectivity index (χ3v) is 3.26. The van der Waals surface area contributed by atoms with Gasteiger partial charge in [-0.1, -0.05) is 35.8 Å². The van der Waals surface area contributed by atoms with Crippen LogP contribution in [0.3, 0.4) is 0 Å². The zero-order valence-corrected chi connectivity index (χ0v) is 11.9. The molecule has 0 heterocycles. The number of amides is 1. The van der Waals surface area contributed by atoms with Crippen molar-refractivity contribution in [3.63, 3.8) is 0 Å². The fourth-order valence-corrected chi connectivity index (χ4v) is 2.10. The van der Waals surface area contributed by atoms with Crippen LogP contribution >= 0.6 is 15.9 Å². The van der Waals surface area contributed by atoms with Crippen LogP contribution in [0.25, 0.3) is 0 Å². The number of rotatable bonds is 5. The van der Waals surface area contributed by atoms with Gasteiger partial charge in [0.1, 0.15) is 0 Å². The van der Waals surface area contributed by atoms with E-state index in [1.54, 1.807) is 0 Å². The molecule has 1 atom stereocenters. The maximum absolute atomic E-state index is 13.4. The van der Waals surface area contributed by atoms with Crippen molar-refractivity contribution in [2.45, 2.75) is 26.3 Å². The molecule has 1 rings (SSSR count). The van der Waals surface area contributed by atoms with Gasteiger partial charge in [-0.3, -0.25) is 4.79 Å². The monoisotopic (exact) mass is 319 g/mol. The molecule has 0 aliphatic rings. The first-order valence-electron chi connectivity index (χ1n) is 5.76. The fraction of sp³-hybridized carbons (Fsp3) is 0.462. The van der Waals surface area contributed by atoms with Crippen LogP contribution in [0.2, 0.25) is 0 Å². The molecule has 5 heteroatoms. The maximum atomic E-state index is 13.4. The third-order valence-electron chi connectivity index (χ3n) is 2.47. The minimum Gasteiger partial charge on any atom is -0.348 e. The van der Waals surface area contributed by atoms with Crippen LogP contribution in [0.4, 0.5) is 8.78 Å². The second-order valence-electron chi connectivity index (χ2n) is 4.56. The van der Waals surface area contributed by atoms with Crippen LogP contribution in [0, 0.1) is 17.6 Å². The van der Waals surface area contributed by atoms with Gasteiger partial charge in [0.15, 0.2) is 11.6 Å². The third kappa shape index (κ3) is 4.05. The van der Waals surface area contributed by atoms with E-state index >= 15 is 0 Å². The predicted octanol–water partition coefficient (Wildman–Crippen LogP) is 3.50. The molecule has 0 fully saturated rings. The highest BCUT2D eigenvalue weighted by Crippen LogP contribution is 2.13. The lowest BCUT2D eigenvalue weighted by Crippen LogP contribution is -2.37. The van der Waals surface area contributed by atoms with Crippen LogP contribution in [-0.2, 0) is 0 Å². The zero-order valence-electron chi connectivity index (χ0n) is 10.3. The summed E-state index contributed by atoms with van der Waals surface area (Å²) in [6.07, 6.45) is 0.772. The second kappa shape index (κ2) is 6.83. The van der Waals surface area contributed by atoms with Gasteiger partial charge in [-0.25, -0.2) is 8.78 Å². The van der Waals surface area contributed by atoms with Crippen molar-refractivity contribution in [2.24, 2.45) is 5.92 Å². The van der Waals surface area contributed by atoms with E-state index in [1.807, 2.05) is 13.8 Å². The van der Waals surface area contributed by atoms with Gasteiger partial charge in [0.25, 0.3) is 5.91 Å². The Morgan fingerprint density at radius 2 is 2.06 bits per heavy atom. The molecule has 0 bridgehead atoms. The Morgan fingerprint density at radius 1 is 1.39 bits per heavy atom. The van der Waals surface area contributed by atoms with Crippen LogP contribution in [0.1, 0.15) is 30.6 Å². The second-order valence-corrected chi connectivity index (χ2v) is 5.20. The van der Waals surface area contributed by atoms with Gasteiger partial charge in [-0.05, 0) is 24.5 Å². The van der Waals surface area contributed by atoms with Gasteiger partial charge in [0.05, 0.1) is 5.56 Å². The smallest absolute Gasteiger partial charge is 0.254 e. The molecule has 0 radical (unpaired) electrons. The standard InChI is InChI=1S/C13H16BrF2NO/c1-8(2)6-9(7-14)17-13(18)10-4-3-5-11(15)12(10)16/h3-5,8-9H,6-7H2,1-2H3,(H,17,18). The van der Waals surface area contributed by atoms with Crippen molar-refractivity contribution in [1.82, 2.24) is 5.32 Å². The molecule has 1 aromatic rings. The van der Waals surface area contributed by atoms with E-state index in [4.69, 9.17) is 0 Å². The Hall–Kier alpha value is -0.970. The SMILES string of the molecule is CC(C)CC(CBr)NC(=O)c1cccc(F)c1F.